The van der Waals surface area contributed by atoms with Crippen molar-refractivity contribution in [2.24, 2.45) is 0 Å². The number of aromatic amines is 2. The van der Waals surface area contributed by atoms with Crippen LogP contribution in [0.15, 0.2) is 35.9 Å². The maximum atomic E-state index is 8.58. The molecule has 0 atom stereocenters. The molecule has 2 aromatic heterocycles. The number of allylic oxidation sites excluding steroid dienone is 1. The molecule has 1 fully saturated rings. The second-order valence-corrected chi connectivity index (χ2v) is 8.51. The highest BCUT2D eigenvalue weighted by atomic mass is 35.5. The normalized spacial score (nSPS) is 14.7. The van der Waals surface area contributed by atoms with Gasteiger partial charge in [-0.25, -0.2) is 9.97 Å². The second-order valence-electron chi connectivity index (χ2n) is 7.40. The smallest absolute Gasteiger partial charge is 0.154 e. The predicted molar refractivity (Wildman–Crippen MR) is 143 cm³/mol. The van der Waals surface area contributed by atoms with Gasteiger partial charge in [0.25, 0.3) is 0 Å². The molecular weight excluding hydrogens is 470 g/mol. The Morgan fingerprint density at radius 1 is 1.29 bits per heavy atom. The molecular formula is C24H32ClN7OS. The molecule has 0 aliphatic carbocycles. The van der Waals surface area contributed by atoms with Crippen molar-refractivity contribution in [3.63, 3.8) is 0 Å². The van der Waals surface area contributed by atoms with Crippen LogP contribution in [0.2, 0.25) is 5.02 Å². The van der Waals surface area contributed by atoms with Gasteiger partial charge in [0.2, 0.25) is 0 Å². The van der Waals surface area contributed by atoms with Gasteiger partial charge in [0.1, 0.15) is 17.2 Å². The Hall–Kier alpha value is -2.75. The Labute approximate surface area is 209 Å². The molecule has 3 aromatic rings. The molecule has 1 aliphatic rings. The van der Waals surface area contributed by atoms with Crippen molar-refractivity contribution in [1.29, 1.82) is 5.41 Å². The third kappa shape index (κ3) is 6.43. The van der Waals surface area contributed by atoms with Gasteiger partial charge < -0.3 is 24.9 Å². The second kappa shape index (κ2) is 12.6. The average Bonchev–Trinajstić information content (AvgIpc) is 3.52. The average molecular weight is 502 g/mol. The maximum absolute atomic E-state index is 8.58. The number of imidazole rings is 2. The molecule has 182 valence electrons. The van der Waals surface area contributed by atoms with E-state index in [1.54, 1.807) is 17.8 Å². The molecule has 34 heavy (non-hydrogen) atoms. The minimum absolute atomic E-state index is 0.415. The van der Waals surface area contributed by atoms with E-state index in [-0.39, 0.29) is 0 Å². The molecule has 1 aliphatic heterocycles. The summed E-state index contributed by atoms with van der Waals surface area (Å²) in [6, 6.07) is 5.66. The van der Waals surface area contributed by atoms with Gasteiger partial charge >= 0.3 is 0 Å². The van der Waals surface area contributed by atoms with E-state index in [4.69, 9.17) is 21.7 Å². The van der Waals surface area contributed by atoms with Crippen LogP contribution in [-0.4, -0.2) is 63.2 Å². The van der Waals surface area contributed by atoms with E-state index in [1.807, 2.05) is 56.3 Å². The lowest BCUT2D eigenvalue weighted by Gasteiger charge is -2.28. The van der Waals surface area contributed by atoms with Crippen molar-refractivity contribution in [3.8, 4) is 0 Å². The Kier molecular flexibility index (Phi) is 9.62. The molecule has 0 amide bonds. The Bertz CT molecular complexity index is 1160. The number of hydrogen-bond donors (Lipinski definition) is 4. The Morgan fingerprint density at radius 2 is 2.06 bits per heavy atom. The zero-order chi connectivity index (χ0) is 24.5. The van der Waals surface area contributed by atoms with Crippen LogP contribution in [0.3, 0.4) is 0 Å². The molecule has 8 nitrogen and oxygen atoms in total. The van der Waals surface area contributed by atoms with Crippen LogP contribution in [0, 0.1) is 5.41 Å². The molecule has 4 N–H and O–H groups in total. The predicted octanol–water partition coefficient (Wildman–Crippen LogP) is 5.13. The van der Waals surface area contributed by atoms with E-state index in [0.717, 1.165) is 33.8 Å². The summed E-state index contributed by atoms with van der Waals surface area (Å²) in [7, 11) is 0. The first-order valence-corrected chi connectivity index (χ1v) is 13.0. The molecule has 0 unspecified atom stereocenters. The first-order valence-electron chi connectivity index (χ1n) is 11.3. The fourth-order valence-electron chi connectivity index (χ4n) is 3.44. The third-order valence-electron chi connectivity index (χ3n) is 5.14. The molecule has 3 heterocycles. The molecule has 1 saturated heterocycles. The number of benzene rings is 1. The fraction of sp³-hybridized carbons (Fsp3) is 0.375. The summed E-state index contributed by atoms with van der Waals surface area (Å²) in [5, 5.41) is 14.7. The standard InChI is InChI=1S/C22H26ClN7OS.C2H6/c1-14(13-32-2)18-11-26-22(28-18)17(10-19(24)30-6-8-31-9-7-30)25-12-20-27-16-5-3-4-15(23)21(16)29-20;1-2/h3-5,10-11,13,24-25H,6-9,12H2,1-2H3,(H,26,28)(H,27,29);1-2H3/b14-13+,17-10+,24-19?;. The molecule has 0 saturated carbocycles. The van der Waals surface area contributed by atoms with Gasteiger partial charge in [0, 0.05) is 19.2 Å². The highest BCUT2D eigenvalue weighted by Gasteiger charge is 2.16. The summed E-state index contributed by atoms with van der Waals surface area (Å²) in [5.74, 6) is 1.83. The number of H-pyrrole nitrogens is 2. The van der Waals surface area contributed by atoms with E-state index in [9.17, 15) is 0 Å². The van der Waals surface area contributed by atoms with Gasteiger partial charge in [0.05, 0.1) is 47.9 Å². The summed E-state index contributed by atoms with van der Waals surface area (Å²) < 4.78 is 5.41. The van der Waals surface area contributed by atoms with Crippen molar-refractivity contribution in [1.82, 2.24) is 30.2 Å². The van der Waals surface area contributed by atoms with Gasteiger partial charge in [0.15, 0.2) is 5.82 Å². The molecule has 0 bridgehead atoms. The monoisotopic (exact) mass is 501 g/mol. The van der Waals surface area contributed by atoms with Crippen LogP contribution in [0.5, 0.6) is 0 Å². The summed E-state index contributed by atoms with van der Waals surface area (Å²) >= 11 is 7.91. The number of amidine groups is 1. The number of fused-ring (bicyclic) bond motifs is 1. The van der Waals surface area contributed by atoms with Gasteiger partial charge in [-0.2, -0.15) is 0 Å². The molecule has 0 spiro atoms. The lowest BCUT2D eigenvalue weighted by Crippen LogP contribution is -2.39. The van der Waals surface area contributed by atoms with Crippen LogP contribution < -0.4 is 5.32 Å². The number of rotatable bonds is 7. The number of thioether (sulfide) groups is 1. The Balaban J connectivity index is 0.00000158. The van der Waals surface area contributed by atoms with Gasteiger partial charge in [-0.05, 0) is 36.3 Å². The minimum atomic E-state index is 0.415. The summed E-state index contributed by atoms with van der Waals surface area (Å²) in [6.07, 6.45) is 5.64. The van der Waals surface area contributed by atoms with Crippen LogP contribution in [0.25, 0.3) is 22.3 Å². The van der Waals surface area contributed by atoms with Crippen molar-refractivity contribution in [3.05, 3.63) is 58.2 Å². The molecule has 4 rings (SSSR count). The zero-order valence-electron chi connectivity index (χ0n) is 20.0. The van der Waals surface area contributed by atoms with E-state index in [0.29, 0.717) is 49.5 Å². The maximum Gasteiger partial charge on any atom is 0.154 e. The third-order valence-corrected chi connectivity index (χ3v) is 6.04. The van der Waals surface area contributed by atoms with Crippen LogP contribution in [-0.2, 0) is 11.3 Å². The zero-order valence-corrected chi connectivity index (χ0v) is 21.6. The van der Waals surface area contributed by atoms with Crippen molar-refractivity contribution in [2.45, 2.75) is 27.3 Å². The van der Waals surface area contributed by atoms with Gasteiger partial charge in [-0.15, -0.1) is 11.8 Å². The molecule has 0 radical (unpaired) electrons. The topological polar surface area (TPSA) is 106 Å². The number of aromatic nitrogens is 4. The summed E-state index contributed by atoms with van der Waals surface area (Å²) in [4.78, 5) is 17.8. The Morgan fingerprint density at radius 3 is 2.76 bits per heavy atom. The van der Waals surface area contributed by atoms with Gasteiger partial charge in [-0.3, -0.25) is 5.41 Å². The number of ether oxygens (including phenoxy) is 1. The quantitative estimate of drug-likeness (QED) is 0.264. The van der Waals surface area contributed by atoms with Crippen molar-refractivity contribution < 1.29 is 4.74 Å². The highest BCUT2D eigenvalue weighted by Crippen LogP contribution is 2.22. The SMILES string of the molecule is CC.CS/C=C(\C)c1cnc(/C(=C\C(=N)N2CCOCC2)NCc2nc3c(Cl)cccc3[nH]2)[nH]1. The highest BCUT2D eigenvalue weighted by molar-refractivity contribution is 8.01. The molecule has 10 heteroatoms. The fourth-order valence-corrected chi connectivity index (χ4v) is 4.14. The lowest BCUT2D eigenvalue weighted by molar-refractivity contribution is 0.0681. The first kappa shape index (κ1) is 25.9. The number of hydrogen-bond acceptors (Lipinski definition) is 6. The largest absolute Gasteiger partial charge is 0.378 e. The number of halogens is 1. The minimum Gasteiger partial charge on any atom is -0.378 e. The van der Waals surface area contributed by atoms with Crippen LogP contribution >= 0.6 is 23.4 Å². The van der Waals surface area contributed by atoms with Crippen molar-refractivity contribution >= 4 is 51.5 Å². The van der Waals surface area contributed by atoms with Gasteiger partial charge in [-0.1, -0.05) is 31.5 Å². The molecule has 1 aromatic carbocycles. The van der Waals surface area contributed by atoms with Crippen LogP contribution in [0.1, 0.15) is 38.1 Å². The number of nitrogens with zero attached hydrogens (tertiary/aromatic N) is 3. The first-order chi connectivity index (χ1) is 16.5. The number of nitrogens with one attached hydrogen (secondary N) is 4. The van der Waals surface area contributed by atoms with Crippen molar-refractivity contribution in [2.75, 3.05) is 32.6 Å². The van der Waals surface area contributed by atoms with E-state index >= 15 is 0 Å². The summed E-state index contributed by atoms with van der Waals surface area (Å²) in [5.41, 5.74) is 4.40. The number of morpholine rings is 1. The van der Waals surface area contributed by atoms with E-state index in [1.165, 1.54) is 0 Å². The lowest BCUT2D eigenvalue weighted by atomic mass is 10.3. The van der Waals surface area contributed by atoms with E-state index in [2.05, 4.69) is 30.7 Å². The van der Waals surface area contributed by atoms with Crippen LogP contribution in [0.4, 0.5) is 0 Å². The van der Waals surface area contributed by atoms with E-state index < -0.39 is 0 Å². The summed E-state index contributed by atoms with van der Waals surface area (Å²) in [6.45, 7) is 9.12. The number of para-hydroxylation sites is 1.